The van der Waals surface area contributed by atoms with Crippen LogP contribution < -0.4 is 15.8 Å². The summed E-state index contributed by atoms with van der Waals surface area (Å²) >= 11 is 1.47. The Bertz CT molecular complexity index is 805. The molecule has 1 amide bonds. The molecular weight excluding hydrogens is 312 g/mol. The van der Waals surface area contributed by atoms with Crippen LogP contribution in [-0.4, -0.2) is 15.9 Å². The van der Waals surface area contributed by atoms with Gasteiger partial charge in [-0.2, -0.15) is 0 Å². The van der Waals surface area contributed by atoms with E-state index in [0.717, 1.165) is 15.7 Å². The van der Waals surface area contributed by atoms with Crippen molar-refractivity contribution in [2.45, 2.75) is 6.54 Å². The molecule has 0 fully saturated rings. The van der Waals surface area contributed by atoms with Gasteiger partial charge in [0, 0.05) is 11.1 Å². The zero-order chi connectivity index (χ0) is 16.1. The lowest BCUT2D eigenvalue weighted by atomic mass is 10.3. The van der Waals surface area contributed by atoms with Crippen LogP contribution in [0.1, 0.15) is 15.2 Å². The second-order valence-electron chi connectivity index (χ2n) is 4.64. The van der Waals surface area contributed by atoms with E-state index in [-0.39, 0.29) is 17.3 Å². The number of carbonyl (C=O) groups is 1. The Morgan fingerprint density at radius 1 is 1.22 bits per heavy atom. The number of amides is 1. The van der Waals surface area contributed by atoms with Crippen LogP contribution >= 0.6 is 11.3 Å². The van der Waals surface area contributed by atoms with Crippen LogP contribution in [0.3, 0.4) is 0 Å². The Kier molecular flexibility index (Phi) is 4.49. The molecule has 3 aromatic rings. The van der Waals surface area contributed by atoms with Gasteiger partial charge in [-0.15, -0.1) is 11.3 Å². The highest BCUT2D eigenvalue weighted by molar-refractivity contribution is 7.13. The molecule has 0 aliphatic carbocycles. The molecule has 116 valence electrons. The molecule has 23 heavy (non-hydrogen) atoms. The number of carbonyl (C=O) groups excluding carboxylic acids is 1. The van der Waals surface area contributed by atoms with Crippen molar-refractivity contribution in [3.05, 3.63) is 65.4 Å². The van der Waals surface area contributed by atoms with Gasteiger partial charge in [0.2, 0.25) is 0 Å². The first kappa shape index (κ1) is 15.0. The summed E-state index contributed by atoms with van der Waals surface area (Å²) in [6.07, 6.45) is 2.70. The summed E-state index contributed by atoms with van der Waals surface area (Å²) in [5.41, 5.74) is 5.92. The first-order valence-electron chi connectivity index (χ1n) is 6.87. The van der Waals surface area contributed by atoms with E-state index in [9.17, 15) is 4.79 Å². The topological polar surface area (TPSA) is 90.1 Å². The molecule has 0 spiro atoms. The molecule has 1 aromatic carbocycles. The number of nitrogens with one attached hydrogen (secondary N) is 1. The van der Waals surface area contributed by atoms with Gasteiger partial charge in [-0.05, 0) is 24.3 Å². The van der Waals surface area contributed by atoms with E-state index < -0.39 is 0 Å². The van der Waals surface area contributed by atoms with Crippen molar-refractivity contribution < 1.29 is 9.53 Å². The molecule has 0 unspecified atom stereocenters. The smallest absolute Gasteiger partial charge is 0.256 e. The van der Waals surface area contributed by atoms with Crippen molar-refractivity contribution in [3.8, 4) is 10.8 Å². The molecule has 3 N–H and O–H groups in total. The van der Waals surface area contributed by atoms with Crippen molar-refractivity contribution in [1.82, 2.24) is 15.3 Å². The quantitative estimate of drug-likeness (QED) is 0.752. The van der Waals surface area contributed by atoms with Crippen LogP contribution in [0.15, 0.2) is 55.0 Å². The van der Waals surface area contributed by atoms with Crippen LogP contribution in [0, 0.1) is 0 Å². The summed E-state index contributed by atoms with van der Waals surface area (Å²) < 4.78 is 5.74. The number of hydrogen-bond donors (Lipinski definition) is 2. The monoisotopic (exact) mass is 326 g/mol. The van der Waals surface area contributed by atoms with Crippen LogP contribution in [0.5, 0.6) is 10.8 Å². The SMILES string of the molecule is Nc1ncncc1C(=O)NCc1ccc(Oc2ccccc2)s1. The molecule has 6 nitrogen and oxygen atoms in total. The summed E-state index contributed by atoms with van der Waals surface area (Å²) in [6.45, 7) is 0.385. The summed E-state index contributed by atoms with van der Waals surface area (Å²) in [7, 11) is 0. The lowest BCUT2D eigenvalue weighted by Crippen LogP contribution is -2.23. The van der Waals surface area contributed by atoms with Gasteiger partial charge in [0.25, 0.3) is 5.91 Å². The van der Waals surface area contributed by atoms with Gasteiger partial charge in [0.1, 0.15) is 17.9 Å². The van der Waals surface area contributed by atoms with Gasteiger partial charge in [0.05, 0.1) is 12.1 Å². The fourth-order valence-electron chi connectivity index (χ4n) is 1.89. The lowest BCUT2D eigenvalue weighted by Gasteiger charge is -2.05. The lowest BCUT2D eigenvalue weighted by molar-refractivity contribution is 0.0951. The molecule has 0 saturated heterocycles. The van der Waals surface area contributed by atoms with Gasteiger partial charge in [-0.3, -0.25) is 4.79 Å². The number of nitrogens with zero attached hydrogens (tertiary/aromatic N) is 2. The standard InChI is InChI=1S/C16H14N4O2S/c17-15-13(9-18-10-20-15)16(21)19-8-12-6-7-14(23-12)22-11-4-2-1-3-5-11/h1-7,9-10H,8H2,(H,19,21)(H2,17,18,20). The zero-order valence-electron chi connectivity index (χ0n) is 12.1. The highest BCUT2D eigenvalue weighted by Crippen LogP contribution is 2.29. The van der Waals surface area contributed by atoms with Crippen LogP contribution in [0.2, 0.25) is 0 Å². The summed E-state index contributed by atoms with van der Waals surface area (Å²) in [6, 6.07) is 13.3. The number of hydrogen-bond acceptors (Lipinski definition) is 6. The third-order valence-corrected chi connectivity index (χ3v) is 3.97. The second-order valence-corrected chi connectivity index (χ2v) is 5.77. The molecule has 0 saturated carbocycles. The van der Waals surface area contributed by atoms with E-state index in [2.05, 4.69) is 15.3 Å². The number of ether oxygens (including phenoxy) is 1. The summed E-state index contributed by atoms with van der Waals surface area (Å²) in [4.78, 5) is 20.6. The predicted octanol–water partition coefficient (Wildman–Crippen LogP) is 2.84. The van der Waals surface area contributed by atoms with Crippen molar-refractivity contribution in [3.63, 3.8) is 0 Å². The van der Waals surface area contributed by atoms with Gasteiger partial charge >= 0.3 is 0 Å². The van der Waals surface area contributed by atoms with Crippen LogP contribution in [0.25, 0.3) is 0 Å². The molecule has 0 atom stereocenters. The molecule has 3 rings (SSSR count). The van der Waals surface area contributed by atoms with Crippen molar-refractivity contribution in [2.75, 3.05) is 5.73 Å². The first-order valence-corrected chi connectivity index (χ1v) is 7.69. The Balaban J connectivity index is 1.59. The van der Waals surface area contributed by atoms with Crippen LogP contribution in [-0.2, 0) is 6.54 Å². The van der Waals surface area contributed by atoms with Crippen LogP contribution in [0.4, 0.5) is 5.82 Å². The molecule has 2 aromatic heterocycles. The number of thiophene rings is 1. The van der Waals surface area contributed by atoms with E-state index in [0.29, 0.717) is 6.54 Å². The maximum Gasteiger partial charge on any atom is 0.256 e. The molecule has 7 heteroatoms. The molecule has 0 aliphatic rings. The third-order valence-electron chi connectivity index (χ3n) is 3.01. The normalized spacial score (nSPS) is 10.3. The fourth-order valence-corrected chi connectivity index (χ4v) is 2.70. The number of nitrogen functional groups attached to an aromatic ring is 1. The number of anilines is 1. The fraction of sp³-hybridized carbons (Fsp3) is 0.0625. The molecule has 2 heterocycles. The van der Waals surface area contributed by atoms with Crippen molar-refractivity contribution in [2.24, 2.45) is 0 Å². The largest absolute Gasteiger partial charge is 0.447 e. The van der Waals surface area contributed by atoms with E-state index >= 15 is 0 Å². The van der Waals surface area contributed by atoms with E-state index in [1.165, 1.54) is 23.9 Å². The molecular formula is C16H14N4O2S. The maximum absolute atomic E-state index is 12.0. The minimum absolute atomic E-state index is 0.164. The number of para-hydroxylation sites is 1. The Labute approximate surface area is 137 Å². The van der Waals surface area contributed by atoms with Crippen molar-refractivity contribution >= 4 is 23.1 Å². The minimum Gasteiger partial charge on any atom is -0.447 e. The van der Waals surface area contributed by atoms with Gasteiger partial charge in [0.15, 0.2) is 5.06 Å². The Morgan fingerprint density at radius 3 is 2.83 bits per heavy atom. The minimum atomic E-state index is -0.304. The number of aromatic nitrogens is 2. The van der Waals surface area contributed by atoms with E-state index in [1.807, 2.05) is 42.5 Å². The first-order chi connectivity index (χ1) is 11.2. The van der Waals surface area contributed by atoms with Gasteiger partial charge in [-0.25, -0.2) is 9.97 Å². The second kappa shape index (κ2) is 6.89. The van der Waals surface area contributed by atoms with Gasteiger partial charge in [-0.1, -0.05) is 18.2 Å². The molecule has 0 aliphatic heterocycles. The van der Waals surface area contributed by atoms with Gasteiger partial charge < -0.3 is 15.8 Å². The molecule has 0 radical (unpaired) electrons. The predicted molar refractivity (Wildman–Crippen MR) is 88.4 cm³/mol. The summed E-state index contributed by atoms with van der Waals surface area (Å²) in [5.74, 6) is 0.637. The molecule has 0 bridgehead atoms. The highest BCUT2D eigenvalue weighted by Gasteiger charge is 2.11. The third kappa shape index (κ3) is 3.83. The summed E-state index contributed by atoms with van der Waals surface area (Å²) in [5, 5.41) is 3.56. The van der Waals surface area contributed by atoms with E-state index in [4.69, 9.17) is 10.5 Å². The average Bonchev–Trinajstić information content (AvgIpc) is 3.01. The number of nitrogens with two attached hydrogens (primary N) is 1. The number of benzene rings is 1. The number of rotatable bonds is 5. The maximum atomic E-state index is 12.0. The highest BCUT2D eigenvalue weighted by atomic mass is 32.1. The van der Waals surface area contributed by atoms with Crippen molar-refractivity contribution in [1.29, 1.82) is 0 Å². The average molecular weight is 326 g/mol. The zero-order valence-corrected chi connectivity index (χ0v) is 12.9. The van der Waals surface area contributed by atoms with E-state index in [1.54, 1.807) is 0 Å². The Hall–Kier alpha value is -2.93. The Morgan fingerprint density at radius 2 is 2.04 bits per heavy atom.